The molecule has 0 aliphatic carbocycles. The molecule has 7 heteroatoms. The van der Waals surface area contributed by atoms with Gasteiger partial charge in [-0.3, -0.25) is 0 Å². The van der Waals surface area contributed by atoms with Crippen molar-refractivity contribution in [2.45, 2.75) is 32.7 Å². The number of anilines is 1. The van der Waals surface area contributed by atoms with E-state index in [0.717, 1.165) is 12.8 Å². The van der Waals surface area contributed by atoms with E-state index in [1.807, 2.05) is 0 Å². The van der Waals surface area contributed by atoms with Crippen LogP contribution in [0.4, 0.5) is 5.82 Å². The molecular weight excluding hydrogens is 292 g/mol. The van der Waals surface area contributed by atoms with Crippen molar-refractivity contribution in [3.8, 4) is 0 Å². The minimum atomic E-state index is -0.0279. The maximum Gasteiger partial charge on any atom is 0.171 e. The highest BCUT2D eigenvalue weighted by atomic mass is 35.5. The van der Waals surface area contributed by atoms with Crippen LogP contribution in [-0.4, -0.2) is 42.3 Å². The molecule has 0 radical (unpaired) electrons. The number of ether oxygens (including phenoxy) is 1. The molecule has 0 aliphatic rings. The van der Waals surface area contributed by atoms with Gasteiger partial charge in [-0.15, -0.1) is 0 Å². The van der Waals surface area contributed by atoms with Gasteiger partial charge in [-0.25, -0.2) is 4.98 Å². The van der Waals surface area contributed by atoms with Crippen molar-refractivity contribution >= 4 is 23.3 Å². The van der Waals surface area contributed by atoms with Crippen molar-refractivity contribution in [1.29, 1.82) is 0 Å². The Labute approximate surface area is 130 Å². The van der Waals surface area contributed by atoms with Gasteiger partial charge in [0.15, 0.2) is 5.84 Å². The first-order chi connectivity index (χ1) is 10.1. The maximum absolute atomic E-state index is 8.84. The fourth-order valence-electron chi connectivity index (χ4n) is 2.27. The first kappa shape index (κ1) is 17.5. The van der Waals surface area contributed by atoms with E-state index in [1.165, 1.54) is 0 Å². The number of hydrogen-bond donors (Lipinski definition) is 2. The lowest BCUT2D eigenvalue weighted by Gasteiger charge is -2.32. The maximum atomic E-state index is 8.84. The summed E-state index contributed by atoms with van der Waals surface area (Å²) in [7, 11) is 1.66. The second-order valence-corrected chi connectivity index (χ2v) is 5.02. The molecule has 1 rings (SSSR count). The van der Waals surface area contributed by atoms with E-state index in [9.17, 15) is 0 Å². The van der Waals surface area contributed by atoms with Gasteiger partial charge >= 0.3 is 0 Å². The molecule has 0 fully saturated rings. The molecule has 0 atom stereocenters. The van der Waals surface area contributed by atoms with E-state index < -0.39 is 0 Å². The Morgan fingerprint density at radius 2 is 2.19 bits per heavy atom. The summed E-state index contributed by atoms with van der Waals surface area (Å²) in [6, 6.07) is 1.93. The lowest BCUT2D eigenvalue weighted by Crippen LogP contribution is -2.38. The fourth-order valence-corrected chi connectivity index (χ4v) is 2.58. The first-order valence-corrected chi connectivity index (χ1v) is 7.36. The predicted molar refractivity (Wildman–Crippen MR) is 85.3 cm³/mol. The molecule has 0 aliphatic heterocycles. The van der Waals surface area contributed by atoms with Crippen LogP contribution in [0.15, 0.2) is 17.4 Å². The Morgan fingerprint density at radius 1 is 1.52 bits per heavy atom. The van der Waals surface area contributed by atoms with Crippen LogP contribution in [0.5, 0.6) is 0 Å². The van der Waals surface area contributed by atoms with E-state index in [-0.39, 0.29) is 5.84 Å². The molecule has 3 N–H and O–H groups in total. The van der Waals surface area contributed by atoms with Crippen molar-refractivity contribution in [2.75, 3.05) is 25.2 Å². The van der Waals surface area contributed by atoms with Crippen LogP contribution in [0.2, 0.25) is 5.02 Å². The van der Waals surface area contributed by atoms with E-state index in [2.05, 4.69) is 28.9 Å². The van der Waals surface area contributed by atoms with E-state index in [4.69, 9.17) is 27.3 Å². The summed E-state index contributed by atoms with van der Waals surface area (Å²) in [5.41, 5.74) is 6.12. The van der Waals surface area contributed by atoms with Gasteiger partial charge in [0.2, 0.25) is 0 Å². The molecule has 0 spiro atoms. The third-order valence-electron chi connectivity index (χ3n) is 3.45. The lowest BCUT2D eigenvalue weighted by molar-refractivity contribution is 0.202. The van der Waals surface area contributed by atoms with Gasteiger partial charge in [-0.2, -0.15) is 0 Å². The molecule has 1 aromatic rings. The number of oxime groups is 1. The molecule has 1 heterocycles. The second-order valence-electron chi connectivity index (χ2n) is 4.64. The Morgan fingerprint density at radius 3 is 2.71 bits per heavy atom. The fraction of sp³-hybridized carbons (Fsp3) is 0.571. The normalized spacial score (nSPS) is 12.0. The van der Waals surface area contributed by atoms with E-state index in [0.29, 0.717) is 35.6 Å². The highest BCUT2D eigenvalue weighted by Gasteiger charge is 2.21. The number of nitrogens with two attached hydrogens (primary N) is 1. The summed E-state index contributed by atoms with van der Waals surface area (Å²) in [4.78, 5) is 6.48. The van der Waals surface area contributed by atoms with Crippen LogP contribution >= 0.6 is 11.6 Å². The highest BCUT2D eigenvalue weighted by molar-refractivity contribution is 6.36. The molecule has 0 aromatic carbocycles. The zero-order chi connectivity index (χ0) is 15.8. The SMILES string of the molecule is CCC(CC)N(CCOC)c1nccc(/C(N)=N/O)c1Cl. The van der Waals surface area contributed by atoms with Crippen LogP contribution < -0.4 is 10.6 Å². The van der Waals surface area contributed by atoms with Gasteiger partial charge in [0.1, 0.15) is 5.82 Å². The summed E-state index contributed by atoms with van der Waals surface area (Å²) in [6.45, 7) is 5.49. The zero-order valence-electron chi connectivity index (χ0n) is 12.7. The number of hydrogen-bond acceptors (Lipinski definition) is 5. The predicted octanol–water partition coefficient (Wildman–Crippen LogP) is 2.47. The van der Waals surface area contributed by atoms with Crippen LogP contribution in [0.3, 0.4) is 0 Å². The number of pyridine rings is 1. The summed E-state index contributed by atoms with van der Waals surface area (Å²) in [5.74, 6) is 0.603. The smallest absolute Gasteiger partial charge is 0.171 e. The van der Waals surface area contributed by atoms with E-state index >= 15 is 0 Å². The van der Waals surface area contributed by atoms with Crippen molar-refractivity contribution in [3.63, 3.8) is 0 Å². The molecule has 6 nitrogen and oxygen atoms in total. The molecular formula is C14H23ClN4O2. The largest absolute Gasteiger partial charge is 0.409 e. The molecule has 1 aromatic heterocycles. The molecule has 0 saturated carbocycles. The van der Waals surface area contributed by atoms with Crippen molar-refractivity contribution in [1.82, 2.24) is 4.98 Å². The van der Waals surface area contributed by atoms with E-state index in [1.54, 1.807) is 19.4 Å². The molecule has 21 heavy (non-hydrogen) atoms. The Balaban J connectivity index is 3.24. The highest BCUT2D eigenvalue weighted by Crippen LogP contribution is 2.29. The molecule has 118 valence electrons. The average molecular weight is 315 g/mol. The topological polar surface area (TPSA) is 84.0 Å². The summed E-state index contributed by atoms with van der Waals surface area (Å²) in [6.07, 6.45) is 3.54. The van der Waals surface area contributed by atoms with Crippen LogP contribution in [0.1, 0.15) is 32.3 Å². The molecule has 0 bridgehead atoms. The third-order valence-corrected chi connectivity index (χ3v) is 3.82. The van der Waals surface area contributed by atoms with Crippen LogP contribution in [0, 0.1) is 0 Å². The number of methoxy groups -OCH3 is 1. The second kappa shape index (κ2) is 8.69. The van der Waals surface area contributed by atoms with Gasteiger partial charge in [-0.05, 0) is 18.9 Å². The Kier molecular flexibility index (Phi) is 7.25. The Hall–Kier alpha value is -1.53. The van der Waals surface area contributed by atoms with Crippen LogP contribution in [-0.2, 0) is 4.74 Å². The Bertz CT molecular complexity index is 478. The third kappa shape index (κ3) is 4.22. The zero-order valence-corrected chi connectivity index (χ0v) is 13.5. The van der Waals surface area contributed by atoms with Gasteiger partial charge in [0, 0.05) is 31.5 Å². The van der Waals surface area contributed by atoms with Crippen molar-refractivity contribution < 1.29 is 9.94 Å². The minimum Gasteiger partial charge on any atom is -0.409 e. The van der Waals surface area contributed by atoms with Crippen molar-refractivity contribution in [2.24, 2.45) is 10.9 Å². The summed E-state index contributed by atoms with van der Waals surface area (Å²) >= 11 is 6.40. The molecule has 0 saturated heterocycles. The number of rotatable bonds is 8. The lowest BCUT2D eigenvalue weighted by atomic mass is 10.1. The molecule has 0 unspecified atom stereocenters. The number of amidine groups is 1. The van der Waals surface area contributed by atoms with Gasteiger partial charge < -0.3 is 20.6 Å². The van der Waals surface area contributed by atoms with Gasteiger partial charge in [-0.1, -0.05) is 30.6 Å². The average Bonchev–Trinajstić information content (AvgIpc) is 2.51. The first-order valence-electron chi connectivity index (χ1n) is 6.98. The minimum absolute atomic E-state index is 0.0279. The summed E-state index contributed by atoms with van der Waals surface area (Å²) in [5, 5.41) is 12.2. The van der Waals surface area contributed by atoms with Gasteiger partial charge in [0.05, 0.1) is 11.6 Å². The van der Waals surface area contributed by atoms with Crippen LogP contribution in [0.25, 0.3) is 0 Å². The summed E-state index contributed by atoms with van der Waals surface area (Å²) < 4.78 is 5.17. The standard InChI is InChI=1S/C14H23ClN4O2/c1-4-10(5-2)19(8-9-21-3)14-12(15)11(6-7-17-14)13(16)18-20/h6-7,10,20H,4-5,8-9H2,1-3H3,(H2,16,18). The number of aromatic nitrogens is 1. The number of nitrogens with zero attached hydrogens (tertiary/aromatic N) is 3. The van der Waals surface area contributed by atoms with Gasteiger partial charge in [0.25, 0.3) is 0 Å². The quantitative estimate of drug-likeness (QED) is 0.333. The monoisotopic (exact) mass is 314 g/mol. The molecule has 0 amide bonds. The number of halogens is 1. The van der Waals surface area contributed by atoms with Crippen molar-refractivity contribution in [3.05, 3.63) is 22.8 Å².